The molecule has 0 aliphatic carbocycles. The molecule has 0 saturated carbocycles. The minimum atomic E-state index is -0.555. The van der Waals surface area contributed by atoms with Crippen LogP contribution in [0.5, 0.6) is 11.5 Å². The molecule has 1 amide bonds. The van der Waals surface area contributed by atoms with Crippen molar-refractivity contribution in [2.45, 2.75) is 13.1 Å². The summed E-state index contributed by atoms with van der Waals surface area (Å²) >= 11 is 13.1. The highest BCUT2D eigenvalue weighted by Gasteiger charge is 2.23. The van der Waals surface area contributed by atoms with Crippen LogP contribution in [0.4, 0.5) is 0 Å². The summed E-state index contributed by atoms with van der Waals surface area (Å²) in [6, 6.07) is 4.92. The third-order valence-corrected chi connectivity index (χ3v) is 5.71. The predicted molar refractivity (Wildman–Crippen MR) is 127 cm³/mol. The van der Waals surface area contributed by atoms with Gasteiger partial charge in [-0.05, 0) is 18.1 Å². The van der Waals surface area contributed by atoms with Crippen molar-refractivity contribution in [1.29, 1.82) is 0 Å². The molecule has 0 bridgehead atoms. The molecule has 2 heterocycles. The molecule has 3 rings (SSSR count). The number of carbonyl (C=O) groups excluding carboxylic acids is 1. The molecule has 33 heavy (non-hydrogen) atoms. The lowest BCUT2D eigenvalue weighted by Gasteiger charge is -2.17. The largest absolute Gasteiger partial charge is 0.495 e. The summed E-state index contributed by atoms with van der Waals surface area (Å²) in [7, 11) is 4.46. The summed E-state index contributed by atoms with van der Waals surface area (Å²) in [5.41, 5.74) is 1.33. The zero-order chi connectivity index (χ0) is 24.1. The molecule has 0 atom stereocenters. The first kappa shape index (κ1) is 24.4. The SMILES string of the molecule is C#CC(=O)NCc1cc2c(cn1)cc(-c1c(Cl)c(OC)cc(OC)c1Cl)c(=O)n2CCOC. The quantitative estimate of drug-likeness (QED) is 0.488. The Morgan fingerprint density at radius 2 is 1.82 bits per heavy atom. The Hall–Kier alpha value is -3.25. The number of aromatic nitrogens is 2. The van der Waals surface area contributed by atoms with Crippen molar-refractivity contribution in [3.05, 3.63) is 50.5 Å². The molecule has 0 unspecified atom stereocenters. The Morgan fingerprint density at radius 3 is 2.39 bits per heavy atom. The van der Waals surface area contributed by atoms with Gasteiger partial charge in [-0.25, -0.2) is 0 Å². The van der Waals surface area contributed by atoms with E-state index in [4.69, 9.17) is 43.8 Å². The van der Waals surface area contributed by atoms with Crippen LogP contribution in [0.1, 0.15) is 5.69 Å². The van der Waals surface area contributed by atoms with Crippen LogP contribution >= 0.6 is 23.2 Å². The highest BCUT2D eigenvalue weighted by Crippen LogP contribution is 2.45. The fraction of sp³-hybridized carbons (Fsp3) is 0.261. The summed E-state index contributed by atoms with van der Waals surface area (Å²) in [6.45, 7) is 0.660. The molecule has 2 aromatic heterocycles. The maximum absolute atomic E-state index is 13.6. The van der Waals surface area contributed by atoms with Gasteiger partial charge in [0.25, 0.3) is 11.5 Å². The number of terminal acetylenes is 1. The number of halogens is 2. The Kier molecular flexibility index (Phi) is 7.82. The second-order valence-electron chi connectivity index (χ2n) is 6.85. The molecule has 0 aliphatic heterocycles. The van der Waals surface area contributed by atoms with Gasteiger partial charge in [0.15, 0.2) is 0 Å². The third kappa shape index (κ3) is 4.91. The summed E-state index contributed by atoms with van der Waals surface area (Å²) in [5, 5.41) is 3.57. The number of pyridine rings is 2. The Bertz CT molecular complexity index is 1290. The number of nitrogens with one attached hydrogen (secondary N) is 1. The molecule has 10 heteroatoms. The smallest absolute Gasteiger partial charge is 0.295 e. The maximum Gasteiger partial charge on any atom is 0.295 e. The minimum absolute atomic E-state index is 0.115. The highest BCUT2D eigenvalue weighted by atomic mass is 35.5. The molecule has 3 aromatic rings. The number of hydrogen-bond acceptors (Lipinski definition) is 6. The fourth-order valence-electron chi connectivity index (χ4n) is 3.34. The van der Waals surface area contributed by atoms with Crippen LogP contribution in [0.15, 0.2) is 29.2 Å². The van der Waals surface area contributed by atoms with Crippen LogP contribution in [-0.2, 0) is 22.6 Å². The van der Waals surface area contributed by atoms with Gasteiger partial charge in [0.05, 0.1) is 54.2 Å². The van der Waals surface area contributed by atoms with Gasteiger partial charge in [0.1, 0.15) is 11.5 Å². The number of hydrogen-bond donors (Lipinski definition) is 1. The van der Waals surface area contributed by atoms with Crippen molar-refractivity contribution in [2.24, 2.45) is 0 Å². The van der Waals surface area contributed by atoms with E-state index in [1.54, 1.807) is 36.1 Å². The van der Waals surface area contributed by atoms with Gasteiger partial charge in [-0.1, -0.05) is 23.2 Å². The first-order valence-electron chi connectivity index (χ1n) is 9.72. The molecule has 0 aliphatic rings. The lowest BCUT2D eigenvalue weighted by atomic mass is 10.0. The summed E-state index contributed by atoms with van der Waals surface area (Å²) in [4.78, 5) is 29.4. The topological polar surface area (TPSA) is 91.7 Å². The van der Waals surface area contributed by atoms with E-state index in [-0.39, 0.29) is 46.4 Å². The molecule has 1 N–H and O–H groups in total. The Morgan fingerprint density at radius 1 is 1.15 bits per heavy atom. The molecular formula is C23H21Cl2N3O5. The van der Waals surface area contributed by atoms with Crippen LogP contribution in [0.2, 0.25) is 10.0 Å². The van der Waals surface area contributed by atoms with E-state index in [9.17, 15) is 9.59 Å². The van der Waals surface area contributed by atoms with Crippen LogP contribution in [0.3, 0.4) is 0 Å². The number of nitrogens with zero attached hydrogens (tertiary/aromatic N) is 2. The summed E-state index contributed by atoms with van der Waals surface area (Å²) in [5.74, 6) is 2.05. The summed E-state index contributed by atoms with van der Waals surface area (Å²) in [6.07, 6.45) is 6.68. The first-order chi connectivity index (χ1) is 15.9. The van der Waals surface area contributed by atoms with Crippen molar-refractivity contribution in [3.8, 4) is 35.0 Å². The van der Waals surface area contributed by atoms with Gasteiger partial charge >= 0.3 is 0 Å². The van der Waals surface area contributed by atoms with E-state index in [0.29, 0.717) is 28.1 Å². The lowest BCUT2D eigenvalue weighted by molar-refractivity contribution is -0.115. The Labute approximate surface area is 200 Å². The summed E-state index contributed by atoms with van der Waals surface area (Å²) < 4.78 is 17.4. The van der Waals surface area contributed by atoms with Gasteiger partial charge in [0.2, 0.25) is 0 Å². The minimum Gasteiger partial charge on any atom is -0.495 e. The predicted octanol–water partition coefficient (Wildman–Crippen LogP) is 3.28. The number of carbonyl (C=O) groups is 1. The number of ether oxygens (including phenoxy) is 3. The van der Waals surface area contributed by atoms with Crippen molar-refractivity contribution in [3.63, 3.8) is 0 Å². The number of methoxy groups -OCH3 is 3. The normalized spacial score (nSPS) is 10.7. The molecule has 0 radical (unpaired) electrons. The second kappa shape index (κ2) is 10.6. The van der Waals surface area contributed by atoms with Gasteiger partial charge in [-0.3, -0.25) is 14.6 Å². The van der Waals surface area contributed by atoms with E-state index in [1.807, 2.05) is 5.92 Å². The number of rotatable bonds is 8. The fourth-order valence-corrected chi connectivity index (χ4v) is 4.04. The molecule has 1 aromatic carbocycles. The van der Waals surface area contributed by atoms with Crippen molar-refractivity contribution in [2.75, 3.05) is 27.9 Å². The molecule has 0 saturated heterocycles. The van der Waals surface area contributed by atoms with E-state index in [1.165, 1.54) is 14.2 Å². The van der Waals surface area contributed by atoms with E-state index in [2.05, 4.69) is 10.3 Å². The van der Waals surface area contributed by atoms with E-state index >= 15 is 0 Å². The van der Waals surface area contributed by atoms with E-state index in [0.717, 1.165) is 0 Å². The van der Waals surface area contributed by atoms with Gasteiger partial charge in [0, 0.05) is 36.9 Å². The lowest BCUT2D eigenvalue weighted by Crippen LogP contribution is -2.25. The average molecular weight is 490 g/mol. The van der Waals surface area contributed by atoms with Crippen LogP contribution in [0.25, 0.3) is 22.0 Å². The van der Waals surface area contributed by atoms with Gasteiger partial charge in [-0.15, -0.1) is 6.42 Å². The first-order valence-corrected chi connectivity index (χ1v) is 10.5. The number of fused-ring (bicyclic) bond motifs is 1. The van der Waals surface area contributed by atoms with Crippen LogP contribution < -0.4 is 20.3 Å². The van der Waals surface area contributed by atoms with Crippen molar-refractivity contribution in [1.82, 2.24) is 14.9 Å². The Balaban J connectivity index is 2.27. The average Bonchev–Trinajstić information content (AvgIpc) is 2.82. The van der Waals surface area contributed by atoms with Crippen LogP contribution in [0, 0.1) is 12.3 Å². The highest BCUT2D eigenvalue weighted by molar-refractivity contribution is 6.41. The molecule has 0 fully saturated rings. The van der Waals surface area contributed by atoms with E-state index < -0.39 is 5.91 Å². The second-order valence-corrected chi connectivity index (χ2v) is 7.61. The van der Waals surface area contributed by atoms with Gasteiger partial charge in [-0.2, -0.15) is 0 Å². The monoisotopic (exact) mass is 489 g/mol. The van der Waals surface area contributed by atoms with Crippen molar-refractivity contribution < 1.29 is 19.0 Å². The standard InChI is InChI=1S/C23H21Cl2N3O5/c1-5-19(29)27-12-14-9-16-13(11-26-14)8-15(23(30)28(16)6-7-31-2)20-21(24)17(32-3)10-18(33-4)22(20)25/h1,8-11H,6-7,12H2,2-4H3,(H,27,29). The van der Waals surface area contributed by atoms with Crippen molar-refractivity contribution >= 4 is 40.0 Å². The zero-order valence-electron chi connectivity index (χ0n) is 18.2. The van der Waals surface area contributed by atoms with Crippen LogP contribution in [-0.4, -0.2) is 43.4 Å². The molecule has 172 valence electrons. The molecule has 8 nitrogen and oxygen atoms in total. The molecule has 0 spiro atoms. The third-order valence-electron chi connectivity index (χ3n) is 4.96. The van der Waals surface area contributed by atoms with Gasteiger partial charge < -0.3 is 24.1 Å². The number of amides is 1. The zero-order valence-corrected chi connectivity index (χ0v) is 19.7. The molecular weight excluding hydrogens is 469 g/mol. The maximum atomic E-state index is 13.6. The number of benzene rings is 1.